The largest absolute Gasteiger partial charge is 0.493 e. The van der Waals surface area contributed by atoms with Gasteiger partial charge in [0.1, 0.15) is 11.5 Å². The van der Waals surface area contributed by atoms with Crippen LogP contribution in [0.4, 0.5) is 0 Å². The number of aryl methyl sites for hydroxylation is 1. The van der Waals surface area contributed by atoms with Crippen molar-refractivity contribution in [2.75, 3.05) is 17.6 Å². The van der Waals surface area contributed by atoms with Gasteiger partial charge in [0, 0.05) is 4.43 Å². The number of rotatable bonds is 8. The molecule has 0 saturated carbocycles. The topological polar surface area (TPSA) is 55.8 Å². The number of carboxylic acids is 1. The Morgan fingerprint density at radius 2 is 1.72 bits per heavy atom. The van der Waals surface area contributed by atoms with Gasteiger partial charge >= 0.3 is 5.97 Å². The van der Waals surface area contributed by atoms with Crippen LogP contribution in [-0.4, -0.2) is 28.7 Å². The average molecular weight is 454 g/mol. The number of hydrogen-bond donors (Lipinski definition) is 1. The van der Waals surface area contributed by atoms with Gasteiger partial charge in [-0.2, -0.15) is 0 Å². The van der Waals surface area contributed by atoms with Gasteiger partial charge in [0.15, 0.2) is 6.61 Å². The van der Waals surface area contributed by atoms with Crippen LogP contribution in [0.15, 0.2) is 36.4 Å². The maximum Gasteiger partial charge on any atom is 0.341 e. The summed E-state index contributed by atoms with van der Waals surface area (Å²) in [5.74, 6) is 0.790. The van der Waals surface area contributed by atoms with E-state index in [0.717, 1.165) is 32.4 Å². The Labute approximate surface area is 162 Å². The van der Waals surface area contributed by atoms with Crippen LogP contribution in [0.2, 0.25) is 0 Å². The minimum atomic E-state index is -0.975. The first-order valence-corrected chi connectivity index (χ1v) is 9.73. The van der Waals surface area contributed by atoms with E-state index in [4.69, 9.17) is 14.6 Å². The molecule has 0 aliphatic carbocycles. The lowest BCUT2D eigenvalue weighted by atomic mass is 9.95. The molecule has 2 aromatic rings. The molecule has 0 unspecified atom stereocenters. The monoisotopic (exact) mass is 454 g/mol. The van der Waals surface area contributed by atoms with Crippen LogP contribution >= 0.6 is 22.6 Å². The zero-order chi connectivity index (χ0) is 18.4. The number of carboxylic acid groups (broad SMARTS) is 1. The predicted molar refractivity (Wildman–Crippen MR) is 108 cm³/mol. The number of halogens is 1. The second-order valence-electron chi connectivity index (χ2n) is 6.11. The molecule has 0 atom stereocenters. The molecular weight excluding hydrogens is 431 g/mol. The van der Waals surface area contributed by atoms with Crippen molar-refractivity contribution in [1.29, 1.82) is 0 Å². The second-order valence-corrected chi connectivity index (χ2v) is 7.19. The molecule has 0 aliphatic heterocycles. The lowest BCUT2D eigenvalue weighted by Gasteiger charge is -2.16. The average Bonchev–Trinajstić information content (AvgIpc) is 2.58. The highest BCUT2D eigenvalue weighted by atomic mass is 127. The van der Waals surface area contributed by atoms with E-state index in [-0.39, 0.29) is 12.5 Å². The molecular formula is C20H23IO4. The molecule has 0 aliphatic rings. The van der Waals surface area contributed by atoms with Crippen molar-refractivity contribution in [1.82, 2.24) is 0 Å². The zero-order valence-corrected chi connectivity index (χ0v) is 16.9. The van der Waals surface area contributed by atoms with Gasteiger partial charge in [-0.25, -0.2) is 4.79 Å². The van der Waals surface area contributed by atoms with Gasteiger partial charge in [-0.05, 0) is 59.4 Å². The van der Waals surface area contributed by atoms with Crippen molar-refractivity contribution in [3.8, 4) is 22.6 Å². The van der Waals surface area contributed by atoms with Crippen LogP contribution in [0.1, 0.15) is 30.9 Å². The smallest absolute Gasteiger partial charge is 0.341 e. The van der Waals surface area contributed by atoms with Gasteiger partial charge in [-0.3, -0.25) is 0 Å². The number of benzene rings is 2. The van der Waals surface area contributed by atoms with Gasteiger partial charge in [-0.1, -0.05) is 48.6 Å². The highest BCUT2D eigenvalue weighted by Crippen LogP contribution is 2.33. The molecule has 2 rings (SSSR count). The van der Waals surface area contributed by atoms with E-state index in [1.165, 1.54) is 0 Å². The van der Waals surface area contributed by atoms with Gasteiger partial charge < -0.3 is 14.6 Å². The number of hydrogen-bond acceptors (Lipinski definition) is 3. The van der Waals surface area contributed by atoms with Crippen molar-refractivity contribution in [3.05, 3.63) is 47.5 Å². The first-order chi connectivity index (χ1) is 11.9. The molecule has 0 fully saturated rings. The van der Waals surface area contributed by atoms with Gasteiger partial charge in [0.05, 0.1) is 6.61 Å². The lowest BCUT2D eigenvalue weighted by Crippen LogP contribution is -2.11. The van der Waals surface area contributed by atoms with E-state index < -0.39 is 5.97 Å². The summed E-state index contributed by atoms with van der Waals surface area (Å²) in [7, 11) is 0. The minimum absolute atomic E-state index is 0.233. The molecule has 25 heavy (non-hydrogen) atoms. The maximum atomic E-state index is 10.7. The van der Waals surface area contributed by atoms with Crippen molar-refractivity contribution in [2.24, 2.45) is 0 Å². The third-order valence-corrected chi connectivity index (χ3v) is 4.27. The van der Waals surface area contributed by atoms with E-state index in [9.17, 15) is 4.79 Å². The summed E-state index contributed by atoms with van der Waals surface area (Å²) in [5, 5.41) is 8.82. The summed E-state index contributed by atoms with van der Waals surface area (Å²) in [4.78, 5) is 10.7. The molecule has 1 N–H and O–H groups in total. The Kier molecular flexibility index (Phi) is 7.11. The van der Waals surface area contributed by atoms with Gasteiger partial charge in [0.2, 0.25) is 0 Å². The Balaban J connectivity index is 2.31. The lowest BCUT2D eigenvalue weighted by molar-refractivity contribution is -0.139. The normalized spacial score (nSPS) is 10.8. The SMILES string of the molecule is Cc1cc(-c2ccc(OCC(=O)O)c(C(C)C)c2)ccc1OCCI. The quantitative estimate of drug-likeness (QED) is 0.448. The van der Waals surface area contributed by atoms with E-state index in [2.05, 4.69) is 48.6 Å². The van der Waals surface area contributed by atoms with Crippen molar-refractivity contribution >= 4 is 28.6 Å². The van der Waals surface area contributed by atoms with E-state index >= 15 is 0 Å². The standard InChI is InChI=1S/C20H23IO4/c1-13(2)17-11-16(5-7-19(17)25-12-20(22)23)15-4-6-18(14(3)10-15)24-9-8-21/h4-7,10-11,13H,8-9,12H2,1-3H3,(H,22,23). The van der Waals surface area contributed by atoms with Crippen molar-refractivity contribution < 1.29 is 19.4 Å². The Morgan fingerprint density at radius 3 is 2.28 bits per heavy atom. The molecule has 4 nitrogen and oxygen atoms in total. The number of aliphatic carboxylic acids is 1. The highest BCUT2D eigenvalue weighted by molar-refractivity contribution is 14.1. The summed E-state index contributed by atoms with van der Waals surface area (Å²) in [6, 6.07) is 12.0. The molecule has 0 spiro atoms. The zero-order valence-electron chi connectivity index (χ0n) is 14.7. The minimum Gasteiger partial charge on any atom is -0.493 e. The summed E-state index contributed by atoms with van der Waals surface area (Å²) >= 11 is 2.29. The predicted octanol–water partition coefficient (Wildman–Crippen LogP) is 5.06. The Morgan fingerprint density at radius 1 is 1.08 bits per heavy atom. The van der Waals surface area contributed by atoms with Crippen LogP contribution in [0.3, 0.4) is 0 Å². The summed E-state index contributed by atoms with van der Waals surface area (Å²) in [6.07, 6.45) is 0. The molecule has 2 aromatic carbocycles. The Hall–Kier alpha value is -1.76. The summed E-state index contributed by atoms with van der Waals surface area (Å²) in [5.41, 5.74) is 4.28. The fourth-order valence-electron chi connectivity index (χ4n) is 2.59. The maximum absolute atomic E-state index is 10.7. The van der Waals surface area contributed by atoms with Crippen LogP contribution in [0.25, 0.3) is 11.1 Å². The molecule has 0 bridgehead atoms. The van der Waals surface area contributed by atoms with E-state index in [0.29, 0.717) is 12.4 Å². The van der Waals surface area contributed by atoms with Crippen molar-refractivity contribution in [3.63, 3.8) is 0 Å². The van der Waals surface area contributed by atoms with Crippen LogP contribution in [0, 0.1) is 6.92 Å². The second kappa shape index (κ2) is 9.08. The molecule has 5 heteroatoms. The Bertz CT molecular complexity index is 740. The van der Waals surface area contributed by atoms with Gasteiger partial charge in [-0.15, -0.1) is 0 Å². The summed E-state index contributed by atoms with van der Waals surface area (Å²) < 4.78 is 12.1. The number of carbonyl (C=O) groups is 1. The highest BCUT2D eigenvalue weighted by Gasteiger charge is 2.12. The molecule has 134 valence electrons. The molecule has 0 radical (unpaired) electrons. The molecule has 0 aromatic heterocycles. The molecule has 0 saturated heterocycles. The summed E-state index contributed by atoms with van der Waals surface area (Å²) in [6.45, 7) is 6.55. The van der Waals surface area contributed by atoms with E-state index in [1.807, 2.05) is 31.2 Å². The first-order valence-electron chi connectivity index (χ1n) is 8.20. The fraction of sp³-hybridized carbons (Fsp3) is 0.350. The van der Waals surface area contributed by atoms with Crippen LogP contribution in [0.5, 0.6) is 11.5 Å². The molecule has 0 amide bonds. The third-order valence-electron chi connectivity index (χ3n) is 3.83. The number of alkyl halides is 1. The molecule has 0 heterocycles. The fourth-order valence-corrected chi connectivity index (χ4v) is 2.81. The van der Waals surface area contributed by atoms with E-state index in [1.54, 1.807) is 0 Å². The first kappa shape index (κ1) is 19.6. The number of ether oxygens (including phenoxy) is 2. The van der Waals surface area contributed by atoms with Gasteiger partial charge in [0.25, 0.3) is 0 Å². The van der Waals surface area contributed by atoms with Crippen molar-refractivity contribution in [2.45, 2.75) is 26.7 Å². The van der Waals surface area contributed by atoms with Crippen LogP contribution < -0.4 is 9.47 Å². The van der Waals surface area contributed by atoms with Crippen LogP contribution in [-0.2, 0) is 4.79 Å². The third kappa shape index (κ3) is 5.36.